The fourth-order valence-electron chi connectivity index (χ4n) is 3.62. The number of para-hydroxylation sites is 1. The summed E-state index contributed by atoms with van der Waals surface area (Å²) >= 11 is 6.70. The molecule has 1 aliphatic heterocycles. The number of rotatable bonds is 4. The first-order valence-corrected chi connectivity index (χ1v) is 10.8. The summed E-state index contributed by atoms with van der Waals surface area (Å²) in [5.74, 6) is 0.532. The third-order valence-electron chi connectivity index (χ3n) is 5.07. The van der Waals surface area contributed by atoms with Gasteiger partial charge in [0.1, 0.15) is 11.5 Å². The minimum absolute atomic E-state index is 0.0457. The first-order chi connectivity index (χ1) is 15.5. The van der Waals surface area contributed by atoms with Crippen molar-refractivity contribution in [2.45, 2.75) is 0 Å². The minimum atomic E-state index is -0.452. The van der Waals surface area contributed by atoms with E-state index in [1.54, 1.807) is 36.4 Å². The molecule has 32 heavy (non-hydrogen) atoms. The molecule has 0 atom stereocenters. The molecular formula is C24H14N2O4S2. The van der Waals surface area contributed by atoms with Crippen LogP contribution in [0.3, 0.4) is 0 Å². The van der Waals surface area contributed by atoms with Crippen molar-refractivity contribution in [2.75, 3.05) is 4.90 Å². The van der Waals surface area contributed by atoms with Gasteiger partial charge in [0.2, 0.25) is 0 Å². The maximum absolute atomic E-state index is 13.2. The predicted octanol–water partition coefficient (Wildman–Crippen LogP) is 6.41. The summed E-state index contributed by atoms with van der Waals surface area (Å²) in [4.78, 5) is 26.0. The molecule has 1 saturated heterocycles. The van der Waals surface area contributed by atoms with E-state index in [4.69, 9.17) is 16.6 Å². The molecule has 1 amide bonds. The standard InChI is InChI=1S/C24H14N2O4S2/c27-23-22(14-16-12-13-21(30-16)18-9-3-4-10-20(18)26(28)29)32-24(31)25(23)19-11-5-7-15-6-1-2-8-17(15)19/h1-14H/b22-14+. The van der Waals surface area contributed by atoms with Crippen molar-refractivity contribution in [1.29, 1.82) is 0 Å². The monoisotopic (exact) mass is 458 g/mol. The number of anilines is 1. The van der Waals surface area contributed by atoms with Crippen molar-refractivity contribution in [3.05, 3.63) is 99.6 Å². The number of hydrogen-bond donors (Lipinski definition) is 0. The van der Waals surface area contributed by atoms with Gasteiger partial charge in [-0.2, -0.15) is 0 Å². The van der Waals surface area contributed by atoms with Gasteiger partial charge in [-0.25, -0.2) is 0 Å². The van der Waals surface area contributed by atoms with Gasteiger partial charge in [-0.1, -0.05) is 72.5 Å². The third-order valence-corrected chi connectivity index (χ3v) is 6.37. The summed E-state index contributed by atoms with van der Waals surface area (Å²) in [6, 6.07) is 23.3. The first-order valence-electron chi connectivity index (χ1n) is 9.62. The lowest BCUT2D eigenvalue weighted by Crippen LogP contribution is -2.27. The Morgan fingerprint density at radius 3 is 2.56 bits per heavy atom. The number of furan rings is 1. The first kappa shape index (κ1) is 20.2. The Hall–Kier alpha value is -3.75. The SMILES string of the molecule is O=C1/C(=C\c2ccc(-c3ccccc3[N+](=O)[O-])o2)SC(=S)N1c1cccc2ccccc12. The van der Waals surface area contributed by atoms with E-state index in [0.717, 1.165) is 16.5 Å². The number of carbonyl (C=O) groups is 1. The van der Waals surface area contributed by atoms with Crippen molar-refractivity contribution >= 4 is 62.4 Å². The van der Waals surface area contributed by atoms with Gasteiger partial charge in [0, 0.05) is 17.5 Å². The molecule has 0 aliphatic carbocycles. The molecule has 0 N–H and O–H groups in total. The van der Waals surface area contributed by atoms with Crippen LogP contribution in [0.5, 0.6) is 0 Å². The summed E-state index contributed by atoms with van der Waals surface area (Å²) in [6.45, 7) is 0. The highest BCUT2D eigenvalue weighted by Gasteiger charge is 2.34. The Kier molecular flexibility index (Phi) is 5.08. The van der Waals surface area contributed by atoms with Crippen molar-refractivity contribution in [3.63, 3.8) is 0 Å². The molecule has 6 nitrogen and oxygen atoms in total. The second-order valence-corrected chi connectivity index (χ2v) is 8.67. The van der Waals surface area contributed by atoms with Gasteiger partial charge in [-0.05, 0) is 29.7 Å². The number of fused-ring (bicyclic) bond motifs is 1. The highest BCUT2D eigenvalue weighted by Crippen LogP contribution is 2.39. The lowest BCUT2D eigenvalue weighted by molar-refractivity contribution is -0.384. The van der Waals surface area contributed by atoms with E-state index < -0.39 is 4.92 Å². The van der Waals surface area contributed by atoms with Crippen molar-refractivity contribution < 1.29 is 14.1 Å². The largest absolute Gasteiger partial charge is 0.456 e. The summed E-state index contributed by atoms with van der Waals surface area (Å²) in [5.41, 5.74) is 1.06. The number of thioether (sulfide) groups is 1. The quantitative estimate of drug-likeness (QED) is 0.152. The number of amides is 1. The van der Waals surface area contributed by atoms with E-state index in [1.807, 2.05) is 42.5 Å². The normalized spacial score (nSPS) is 15.1. The highest BCUT2D eigenvalue weighted by atomic mass is 32.2. The van der Waals surface area contributed by atoms with E-state index in [1.165, 1.54) is 22.7 Å². The van der Waals surface area contributed by atoms with Gasteiger partial charge in [0.05, 0.1) is 21.1 Å². The summed E-state index contributed by atoms with van der Waals surface area (Å²) in [7, 11) is 0. The molecule has 0 radical (unpaired) electrons. The molecule has 4 aromatic rings. The van der Waals surface area contributed by atoms with E-state index in [2.05, 4.69) is 0 Å². The van der Waals surface area contributed by atoms with Crippen LogP contribution in [-0.2, 0) is 4.79 Å². The average molecular weight is 459 g/mol. The lowest BCUT2D eigenvalue weighted by atomic mass is 10.1. The van der Waals surface area contributed by atoms with Crippen LogP contribution in [0.15, 0.2) is 88.2 Å². The van der Waals surface area contributed by atoms with Gasteiger partial charge < -0.3 is 4.42 Å². The van der Waals surface area contributed by atoms with Gasteiger partial charge in [-0.15, -0.1) is 0 Å². The molecule has 0 saturated carbocycles. The molecule has 0 unspecified atom stereocenters. The van der Waals surface area contributed by atoms with Crippen LogP contribution in [0, 0.1) is 10.1 Å². The zero-order chi connectivity index (χ0) is 22.2. The average Bonchev–Trinajstić information content (AvgIpc) is 3.37. The minimum Gasteiger partial charge on any atom is -0.456 e. The van der Waals surface area contributed by atoms with Crippen LogP contribution < -0.4 is 4.90 Å². The summed E-state index contributed by atoms with van der Waals surface area (Å²) in [6.07, 6.45) is 1.61. The van der Waals surface area contributed by atoms with Crippen LogP contribution >= 0.6 is 24.0 Å². The van der Waals surface area contributed by atoms with Crippen LogP contribution in [0.2, 0.25) is 0 Å². The Morgan fingerprint density at radius 1 is 0.969 bits per heavy atom. The van der Waals surface area contributed by atoms with E-state index >= 15 is 0 Å². The Morgan fingerprint density at radius 2 is 1.72 bits per heavy atom. The smallest absolute Gasteiger partial charge is 0.280 e. The zero-order valence-electron chi connectivity index (χ0n) is 16.4. The molecular weight excluding hydrogens is 444 g/mol. The Balaban J connectivity index is 1.49. The van der Waals surface area contributed by atoms with Gasteiger partial charge >= 0.3 is 0 Å². The van der Waals surface area contributed by atoms with E-state index in [0.29, 0.717) is 26.3 Å². The van der Waals surface area contributed by atoms with Crippen LogP contribution in [0.4, 0.5) is 11.4 Å². The molecule has 1 aliphatic rings. The fraction of sp³-hybridized carbons (Fsp3) is 0. The Labute approximate surface area is 192 Å². The predicted molar refractivity (Wildman–Crippen MR) is 130 cm³/mol. The second kappa shape index (κ2) is 8.07. The zero-order valence-corrected chi connectivity index (χ0v) is 18.1. The number of carbonyl (C=O) groups excluding carboxylic acids is 1. The second-order valence-electron chi connectivity index (χ2n) is 6.99. The highest BCUT2D eigenvalue weighted by molar-refractivity contribution is 8.27. The number of nitro benzene ring substituents is 1. The van der Waals surface area contributed by atoms with Gasteiger partial charge in [0.15, 0.2) is 4.32 Å². The third kappa shape index (κ3) is 3.49. The summed E-state index contributed by atoms with van der Waals surface area (Å²) < 4.78 is 6.24. The summed E-state index contributed by atoms with van der Waals surface area (Å²) in [5, 5.41) is 13.3. The maximum Gasteiger partial charge on any atom is 0.280 e. The fourth-order valence-corrected chi connectivity index (χ4v) is 4.89. The lowest BCUT2D eigenvalue weighted by Gasteiger charge is -2.17. The topological polar surface area (TPSA) is 76.6 Å². The van der Waals surface area contributed by atoms with Crippen LogP contribution in [0.25, 0.3) is 28.2 Å². The van der Waals surface area contributed by atoms with Crippen LogP contribution in [-0.4, -0.2) is 15.2 Å². The number of nitro groups is 1. The van der Waals surface area contributed by atoms with Crippen molar-refractivity contribution in [1.82, 2.24) is 0 Å². The molecule has 8 heteroatoms. The molecule has 3 aromatic carbocycles. The van der Waals surface area contributed by atoms with E-state index in [-0.39, 0.29) is 11.6 Å². The van der Waals surface area contributed by atoms with Crippen LogP contribution in [0.1, 0.15) is 5.76 Å². The molecule has 2 heterocycles. The molecule has 1 aromatic heterocycles. The molecule has 1 fully saturated rings. The Bertz CT molecular complexity index is 1440. The molecule has 156 valence electrons. The maximum atomic E-state index is 13.2. The number of hydrogen-bond acceptors (Lipinski definition) is 6. The molecule has 0 spiro atoms. The van der Waals surface area contributed by atoms with E-state index in [9.17, 15) is 14.9 Å². The molecule has 0 bridgehead atoms. The number of benzene rings is 3. The van der Waals surface area contributed by atoms with Gasteiger partial charge in [-0.3, -0.25) is 19.8 Å². The molecule has 5 rings (SSSR count). The van der Waals surface area contributed by atoms with Crippen molar-refractivity contribution in [3.8, 4) is 11.3 Å². The number of nitrogens with zero attached hydrogens (tertiary/aromatic N) is 2. The van der Waals surface area contributed by atoms with Gasteiger partial charge in [0.25, 0.3) is 11.6 Å². The number of thiocarbonyl (C=S) groups is 1. The van der Waals surface area contributed by atoms with Crippen molar-refractivity contribution in [2.24, 2.45) is 0 Å².